The maximum atomic E-state index is 10.6. The number of hydrogen-bond acceptors (Lipinski definition) is 4. The highest BCUT2D eigenvalue weighted by atomic mass is 16.4. The van der Waals surface area contributed by atoms with Gasteiger partial charge in [0.05, 0.1) is 0 Å². The van der Waals surface area contributed by atoms with Crippen LogP contribution in [0.4, 0.5) is 5.82 Å². The van der Waals surface area contributed by atoms with E-state index < -0.39 is 5.97 Å². The second kappa shape index (κ2) is 4.47. The monoisotopic (exact) mass is 221 g/mol. The highest BCUT2D eigenvalue weighted by Crippen LogP contribution is 2.24. The number of carbonyl (C=O) groups is 1. The Bertz CT molecular complexity index is 395. The Morgan fingerprint density at radius 1 is 1.62 bits per heavy atom. The van der Waals surface area contributed by atoms with Gasteiger partial charge < -0.3 is 10.0 Å². The minimum absolute atomic E-state index is 0.243. The van der Waals surface area contributed by atoms with Crippen LogP contribution in [0.1, 0.15) is 18.5 Å². The third-order valence-corrected chi connectivity index (χ3v) is 2.86. The fourth-order valence-electron chi connectivity index (χ4n) is 2.07. The first-order valence-electron chi connectivity index (χ1n) is 5.40. The van der Waals surface area contributed by atoms with Crippen LogP contribution in [-0.2, 0) is 4.79 Å². The van der Waals surface area contributed by atoms with Crippen LogP contribution in [0, 0.1) is 12.8 Å². The number of nitrogens with zero attached hydrogens (tertiary/aromatic N) is 3. The van der Waals surface area contributed by atoms with Gasteiger partial charge in [-0.25, -0.2) is 9.97 Å². The number of hydrogen-bond donors (Lipinski definition) is 1. The normalized spacial score (nSPS) is 20.1. The summed E-state index contributed by atoms with van der Waals surface area (Å²) >= 11 is 0. The fourth-order valence-corrected chi connectivity index (χ4v) is 2.07. The van der Waals surface area contributed by atoms with Crippen molar-refractivity contribution in [1.82, 2.24) is 9.97 Å². The number of aromatic nitrogens is 2. The maximum Gasteiger partial charge on any atom is 0.303 e. The van der Waals surface area contributed by atoms with Crippen molar-refractivity contribution in [2.75, 3.05) is 18.0 Å². The van der Waals surface area contributed by atoms with Gasteiger partial charge in [0, 0.05) is 31.3 Å². The lowest BCUT2D eigenvalue weighted by atomic mass is 10.1. The van der Waals surface area contributed by atoms with Crippen LogP contribution in [-0.4, -0.2) is 34.1 Å². The third-order valence-electron chi connectivity index (χ3n) is 2.86. The van der Waals surface area contributed by atoms with Crippen molar-refractivity contribution in [1.29, 1.82) is 0 Å². The average Bonchev–Trinajstić information content (AvgIpc) is 2.65. The van der Waals surface area contributed by atoms with Crippen LogP contribution in [0.3, 0.4) is 0 Å². The van der Waals surface area contributed by atoms with Gasteiger partial charge in [-0.2, -0.15) is 0 Å². The number of carboxylic acids is 1. The smallest absolute Gasteiger partial charge is 0.303 e. The van der Waals surface area contributed by atoms with E-state index >= 15 is 0 Å². The van der Waals surface area contributed by atoms with E-state index in [1.54, 1.807) is 6.33 Å². The number of rotatable bonds is 3. The number of anilines is 1. The van der Waals surface area contributed by atoms with Crippen molar-refractivity contribution in [2.24, 2.45) is 5.92 Å². The molecule has 16 heavy (non-hydrogen) atoms. The van der Waals surface area contributed by atoms with Gasteiger partial charge in [0.2, 0.25) is 0 Å². The predicted molar refractivity (Wildman–Crippen MR) is 59.3 cm³/mol. The van der Waals surface area contributed by atoms with Crippen molar-refractivity contribution in [3.8, 4) is 0 Å². The molecule has 1 N–H and O–H groups in total. The molecule has 0 aliphatic carbocycles. The van der Waals surface area contributed by atoms with E-state index in [1.807, 2.05) is 13.0 Å². The lowest BCUT2D eigenvalue weighted by Crippen LogP contribution is -2.21. The van der Waals surface area contributed by atoms with Gasteiger partial charge in [0.1, 0.15) is 12.1 Å². The Kier molecular flexibility index (Phi) is 3.03. The van der Waals surface area contributed by atoms with Crippen LogP contribution in [0.25, 0.3) is 0 Å². The molecule has 0 radical (unpaired) electrons. The predicted octanol–water partition coefficient (Wildman–Crippen LogP) is 1.09. The van der Waals surface area contributed by atoms with Gasteiger partial charge in [0.25, 0.3) is 0 Å². The molecule has 0 amide bonds. The summed E-state index contributed by atoms with van der Waals surface area (Å²) in [6.07, 6.45) is 2.73. The Balaban J connectivity index is 2.00. The van der Waals surface area contributed by atoms with Gasteiger partial charge in [-0.1, -0.05) is 0 Å². The summed E-state index contributed by atoms with van der Waals surface area (Å²) in [6.45, 7) is 3.59. The van der Waals surface area contributed by atoms with E-state index in [-0.39, 0.29) is 12.3 Å². The van der Waals surface area contributed by atoms with Crippen LogP contribution < -0.4 is 4.90 Å². The summed E-state index contributed by atoms with van der Waals surface area (Å²) in [5.74, 6) is 0.430. The lowest BCUT2D eigenvalue weighted by Gasteiger charge is -2.16. The van der Waals surface area contributed by atoms with Crippen molar-refractivity contribution >= 4 is 11.8 Å². The standard InChI is InChI=1S/C11H15N3O2/c1-8-4-10(13-7-12-8)14-3-2-9(6-14)5-11(15)16/h4,7,9H,2-3,5-6H2,1H3,(H,15,16). The number of aryl methyl sites for hydroxylation is 1. The maximum absolute atomic E-state index is 10.6. The van der Waals surface area contributed by atoms with Crippen LogP contribution in [0.5, 0.6) is 0 Å². The van der Waals surface area contributed by atoms with Gasteiger partial charge in [-0.15, -0.1) is 0 Å². The van der Waals surface area contributed by atoms with Crippen LogP contribution in [0.2, 0.25) is 0 Å². The summed E-state index contributed by atoms with van der Waals surface area (Å²) in [7, 11) is 0. The molecular weight excluding hydrogens is 206 g/mol. The van der Waals surface area contributed by atoms with E-state index in [0.29, 0.717) is 0 Å². The second-order valence-electron chi connectivity index (χ2n) is 4.22. The van der Waals surface area contributed by atoms with E-state index in [4.69, 9.17) is 5.11 Å². The summed E-state index contributed by atoms with van der Waals surface area (Å²) in [5, 5.41) is 8.73. The highest BCUT2D eigenvalue weighted by molar-refractivity contribution is 5.67. The average molecular weight is 221 g/mol. The first-order chi connectivity index (χ1) is 7.65. The van der Waals surface area contributed by atoms with Crippen molar-refractivity contribution in [2.45, 2.75) is 19.8 Å². The molecule has 1 aliphatic heterocycles. The zero-order valence-corrected chi connectivity index (χ0v) is 9.26. The minimum Gasteiger partial charge on any atom is -0.481 e. The molecule has 0 saturated carbocycles. The Hall–Kier alpha value is -1.65. The molecule has 1 fully saturated rings. The molecule has 2 heterocycles. The first-order valence-corrected chi connectivity index (χ1v) is 5.40. The van der Waals surface area contributed by atoms with E-state index in [0.717, 1.165) is 31.0 Å². The van der Waals surface area contributed by atoms with E-state index in [1.165, 1.54) is 0 Å². The zero-order valence-electron chi connectivity index (χ0n) is 9.26. The van der Waals surface area contributed by atoms with Gasteiger partial charge in [-0.3, -0.25) is 4.79 Å². The van der Waals surface area contributed by atoms with Crippen molar-refractivity contribution in [3.63, 3.8) is 0 Å². The molecule has 0 bridgehead atoms. The Morgan fingerprint density at radius 2 is 2.44 bits per heavy atom. The first kappa shape index (κ1) is 10.9. The molecule has 0 aromatic carbocycles. The summed E-state index contributed by atoms with van der Waals surface area (Å²) in [5.41, 5.74) is 0.937. The van der Waals surface area contributed by atoms with Crippen molar-refractivity contribution < 1.29 is 9.90 Å². The second-order valence-corrected chi connectivity index (χ2v) is 4.22. The van der Waals surface area contributed by atoms with Crippen LogP contribution in [0.15, 0.2) is 12.4 Å². The molecule has 1 aromatic rings. The van der Waals surface area contributed by atoms with E-state index in [9.17, 15) is 4.79 Å². The Morgan fingerprint density at radius 3 is 3.12 bits per heavy atom. The van der Waals surface area contributed by atoms with Gasteiger partial charge in [-0.05, 0) is 19.3 Å². The summed E-state index contributed by atoms with van der Waals surface area (Å²) < 4.78 is 0. The molecule has 1 saturated heterocycles. The third kappa shape index (κ3) is 2.48. The molecule has 86 valence electrons. The Labute approximate surface area is 94.1 Å². The largest absolute Gasteiger partial charge is 0.481 e. The SMILES string of the molecule is Cc1cc(N2CCC(CC(=O)O)C2)ncn1. The number of aliphatic carboxylic acids is 1. The molecular formula is C11H15N3O2. The molecule has 0 spiro atoms. The molecule has 1 atom stereocenters. The van der Waals surface area contributed by atoms with Gasteiger partial charge >= 0.3 is 5.97 Å². The lowest BCUT2D eigenvalue weighted by molar-refractivity contribution is -0.137. The zero-order chi connectivity index (χ0) is 11.5. The van der Waals surface area contributed by atoms with Crippen molar-refractivity contribution in [3.05, 3.63) is 18.1 Å². The summed E-state index contributed by atoms with van der Waals surface area (Å²) in [6, 6.07) is 1.93. The highest BCUT2D eigenvalue weighted by Gasteiger charge is 2.25. The summed E-state index contributed by atoms with van der Waals surface area (Å²) in [4.78, 5) is 21.0. The number of carboxylic acid groups (broad SMARTS) is 1. The molecule has 1 aliphatic rings. The molecule has 2 rings (SSSR count). The molecule has 1 unspecified atom stereocenters. The van der Waals surface area contributed by atoms with Crippen LogP contribution >= 0.6 is 0 Å². The quantitative estimate of drug-likeness (QED) is 0.827. The molecule has 1 aromatic heterocycles. The minimum atomic E-state index is -0.717. The van der Waals surface area contributed by atoms with E-state index in [2.05, 4.69) is 14.9 Å². The molecule has 5 nitrogen and oxygen atoms in total. The van der Waals surface area contributed by atoms with Gasteiger partial charge in [0.15, 0.2) is 0 Å². The molecule has 5 heteroatoms. The fraction of sp³-hybridized carbons (Fsp3) is 0.545. The topological polar surface area (TPSA) is 66.3 Å².